The molecule has 0 spiro atoms. The smallest absolute Gasteiger partial charge is 0.0484 e. The average molecular weight is 221 g/mol. The molecular formula is C12H13S2. The lowest BCUT2D eigenvalue weighted by molar-refractivity contribution is 1.14. The molecule has 2 heteroatoms. The Morgan fingerprint density at radius 2 is 2.14 bits per heavy atom. The Kier molecular flexibility index (Phi) is 3.04. The van der Waals surface area contributed by atoms with Crippen molar-refractivity contribution in [2.24, 2.45) is 0 Å². The van der Waals surface area contributed by atoms with Gasteiger partial charge in [-0.25, -0.2) is 0 Å². The Morgan fingerprint density at radius 1 is 1.29 bits per heavy atom. The second kappa shape index (κ2) is 4.28. The number of rotatable bonds is 3. The second-order valence-corrected chi connectivity index (χ2v) is 4.80. The SMILES string of the molecule is CCc1[c]scc1-c1sccc1CC. The van der Waals surface area contributed by atoms with E-state index in [2.05, 4.69) is 36.1 Å². The van der Waals surface area contributed by atoms with Crippen molar-refractivity contribution >= 4 is 22.7 Å². The average Bonchev–Trinajstić information content (AvgIpc) is 2.85. The van der Waals surface area contributed by atoms with Gasteiger partial charge in [0.1, 0.15) is 0 Å². The van der Waals surface area contributed by atoms with Crippen molar-refractivity contribution in [1.82, 2.24) is 0 Å². The van der Waals surface area contributed by atoms with Crippen LogP contribution < -0.4 is 0 Å². The van der Waals surface area contributed by atoms with Gasteiger partial charge < -0.3 is 0 Å². The quantitative estimate of drug-likeness (QED) is 0.720. The Balaban J connectivity index is 2.48. The molecule has 0 fully saturated rings. The Morgan fingerprint density at radius 3 is 2.86 bits per heavy atom. The third-order valence-corrected chi connectivity index (χ3v) is 4.12. The highest BCUT2D eigenvalue weighted by Gasteiger charge is 2.10. The van der Waals surface area contributed by atoms with Crippen molar-refractivity contribution in [3.63, 3.8) is 0 Å². The van der Waals surface area contributed by atoms with E-state index in [9.17, 15) is 0 Å². The Hall–Kier alpha value is -0.600. The summed E-state index contributed by atoms with van der Waals surface area (Å²) in [5.41, 5.74) is 4.24. The highest BCUT2D eigenvalue weighted by Crippen LogP contribution is 2.34. The first-order chi connectivity index (χ1) is 6.86. The lowest BCUT2D eigenvalue weighted by Crippen LogP contribution is -1.83. The van der Waals surface area contributed by atoms with E-state index in [0.717, 1.165) is 12.8 Å². The third-order valence-electron chi connectivity index (χ3n) is 2.41. The fourth-order valence-corrected chi connectivity index (χ4v) is 3.54. The summed E-state index contributed by atoms with van der Waals surface area (Å²) < 4.78 is 0. The van der Waals surface area contributed by atoms with Crippen LogP contribution in [0, 0.1) is 5.38 Å². The van der Waals surface area contributed by atoms with E-state index in [1.54, 1.807) is 11.3 Å². The zero-order valence-electron chi connectivity index (χ0n) is 8.46. The van der Waals surface area contributed by atoms with Gasteiger partial charge in [-0.15, -0.1) is 22.7 Å². The van der Waals surface area contributed by atoms with Gasteiger partial charge in [-0.3, -0.25) is 0 Å². The van der Waals surface area contributed by atoms with Crippen LogP contribution in [-0.2, 0) is 12.8 Å². The Labute approximate surface area is 93.2 Å². The number of aryl methyl sites for hydroxylation is 2. The minimum Gasteiger partial charge on any atom is -0.144 e. The molecule has 14 heavy (non-hydrogen) atoms. The largest absolute Gasteiger partial charge is 0.144 e. The van der Waals surface area contributed by atoms with E-state index in [-0.39, 0.29) is 0 Å². The maximum absolute atomic E-state index is 3.34. The first-order valence-electron chi connectivity index (χ1n) is 4.91. The van der Waals surface area contributed by atoms with E-state index in [4.69, 9.17) is 0 Å². The van der Waals surface area contributed by atoms with E-state index in [1.807, 2.05) is 11.3 Å². The van der Waals surface area contributed by atoms with Gasteiger partial charge in [0.25, 0.3) is 0 Å². The van der Waals surface area contributed by atoms with Crippen LogP contribution in [-0.4, -0.2) is 0 Å². The molecule has 0 atom stereocenters. The standard InChI is InChI=1S/C12H13S2/c1-3-9-5-6-14-12(9)11-8-13-7-10(11)4-2/h5-6,8H,3-4H2,1-2H3. The van der Waals surface area contributed by atoms with Crippen molar-refractivity contribution in [2.45, 2.75) is 26.7 Å². The van der Waals surface area contributed by atoms with Crippen LogP contribution in [0.5, 0.6) is 0 Å². The molecule has 0 saturated carbocycles. The van der Waals surface area contributed by atoms with Crippen molar-refractivity contribution < 1.29 is 0 Å². The predicted molar refractivity (Wildman–Crippen MR) is 65.2 cm³/mol. The summed E-state index contributed by atoms with van der Waals surface area (Å²) in [6, 6.07) is 2.23. The molecule has 2 aromatic heterocycles. The molecule has 0 N–H and O–H groups in total. The van der Waals surface area contributed by atoms with Gasteiger partial charge in [0, 0.05) is 21.2 Å². The van der Waals surface area contributed by atoms with Crippen molar-refractivity contribution in [2.75, 3.05) is 0 Å². The number of hydrogen-bond acceptors (Lipinski definition) is 2. The monoisotopic (exact) mass is 221 g/mol. The van der Waals surface area contributed by atoms with Crippen molar-refractivity contribution in [3.05, 3.63) is 33.3 Å². The fourth-order valence-electron chi connectivity index (χ4n) is 1.59. The topological polar surface area (TPSA) is 0 Å². The minimum atomic E-state index is 1.08. The third kappa shape index (κ3) is 1.64. The molecular weight excluding hydrogens is 208 g/mol. The summed E-state index contributed by atoms with van der Waals surface area (Å²) in [5.74, 6) is 0. The van der Waals surface area contributed by atoms with E-state index >= 15 is 0 Å². The van der Waals surface area contributed by atoms with Crippen LogP contribution in [0.25, 0.3) is 10.4 Å². The van der Waals surface area contributed by atoms with E-state index in [1.165, 1.54) is 21.6 Å². The number of hydrogen-bond donors (Lipinski definition) is 0. The summed E-state index contributed by atoms with van der Waals surface area (Å²) >= 11 is 3.54. The second-order valence-electron chi connectivity index (χ2n) is 3.21. The summed E-state index contributed by atoms with van der Waals surface area (Å²) in [5, 5.41) is 7.76. The van der Waals surface area contributed by atoms with Crippen LogP contribution >= 0.6 is 22.7 Å². The van der Waals surface area contributed by atoms with E-state index in [0.29, 0.717) is 0 Å². The maximum Gasteiger partial charge on any atom is 0.0484 e. The molecule has 0 bridgehead atoms. The lowest BCUT2D eigenvalue weighted by Gasteiger charge is -2.01. The zero-order chi connectivity index (χ0) is 9.97. The van der Waals surface area contributed by atoms with Gasteiger partial charge in [0.05, 0.1) is 0 Å². The molecule has 0 aliphatic heterocycles. The van der Waals surface area contributed by atoms with Crippen LogP contribution in [0.15, 0.2) is 16.8 Å². The maximum atomic E-state index is 3.34. The van der Waals surface area contributed by atoms with E-state index < -0.39 is 0 Å². The predicted octanol–water partition coefficient (Wildman–Crippen LogP) is 4.40. The molecule has 0 aliphatic carbocycles. The summed E-state index contributed by atoms with van der Waals surface area (Å²) in [6.45, 7) is 4.41. The fraction of sp³-hybridized carbons (Fsp3) is 0.333. The molecule has 2 heterocycles. The molecule has 2 aromatic rings. The van der Waals surface area contributed by atoms with Gasteiger partial charge in [0.15, 0.2) is 0 Å². The first-order valence-corrected chi connectivity index (χ1v) is 6.67. The van der Waals surface area contributed by atoms with Crippen LogP contribution in [0.1, 0.15) is 25.0 Å². The van der Waals surface area contributed by atoms with Crippen LogP contribution in [0.4, 0.5) is 0 Å². The molecule has 2 rings (SSSR count). The molecule has 0 aromatic carbocycles. The zero-order valence-corrected chi connectivity index (χ0v) is 10.1. The Bertz CT molecular complexity index is 369. The van der Waals surface area contributed by atoms with Gasteiger partial charge in [-0.2, -0.15) is 0 Å². The van der Waals surface area contributed by atoms with Crippen LogP contribution in [0.3, 0.4) is 0 Å². The summed E-state index contributed by atoms with van der Waals surface area (Å²) in [6.07, 6.45) is 2.21. The molecule has 73 valence electrons. The lowest BCUT2D eigenvalue weighted by atomic mass is 10.1. The van der Waals surface area contributed by atoms with Crippen LogP contribution in [0.2, 0.25) is 0 Å². The van der Waals surface area contributed by atoms with Crippen molar-refractivity contribution in [1.29, 1.82) is 0 Å². The summed E-state index contributed by atoms with van der Waals surface area (Å²) in [4.78, 5) is 1.45. The number of thiophene rings is 2. The normalized spacial score (nSPS) is 10.7. The highest BCUT2D eigenvalue weighted by atomic mass is 32.1. The first kappa shape index (κ1) is 9.94. The minimum absolute atomic E-state index is 1.08. The van der Waals surface area contributed by atoms with Gasteiger partial charge in [-0.1, -0.05) is 13.8 Å². The molecule has 0 amide bonds. The molecule has 0 nitrogen and oxygen atoms in total. The molecule has 1 radical (unpaired) electrons. The van der Waals surface area contributed by atoms with Gasteiger partial charge >= 0.3 is 0 Å². The molecule has 0 aliphatic rings. The molecule has 0 unspecified atom stereocenters. The highest BCUT2D eigenvalue weighted by molar-refractivity contribution is 7.14. The summed E-state index contributed by atoms with van der Waals surface area (Å²) in [7, 11) is 0. The van der Waals surface area contributed by atoms with Crippen molar-refractivity contribution in [3.8, 4) is 10.4 Å². The van der Waals surface area contributed by atoms with Gasteiger partial charge in [0.2, 0.25) is 0 Å². The van der Waals surface area contributed by atoms with Gasteiger partial charge in [-0.05, 0) is 35.4 Å². The molecule has 0 saturated heterocycles.